The zero-order chi connectivity index (χ0) is 17.6. The van der Waals surface area contributed by atoms with E-state index in [-0.39, 0.29) is 11.8 Å². The number of likely N-dealkylation sites (tertiary alicyclic amines) is 1. The van der Waals surface area contributed by atoms with Gasteiger partial charge in [-0.3, -0.25) is 14.6 Å². The third-order valence-electron chi connectivity index (χ3n) is 4.53. The van der Waals surface area contributed by atoms with E-state index in [0.717, 1.165) is 12.8 Å². The van der Waals surface area contributed by atoms with Gasteiger partial charge >= 0.3 is 0 Å². The molecule has 25 heavy (non-hydrogen) atoms. The number of aromatic nitrogens is 1. The molecule has 1 aliphatic heterocycles. The van der Waals surface area contributed by atoms with Crippen molar-refractivity contribution in [3.8, 4) is 0 Å². The molecule has 0 atom stereocenters. The highest BCUT2D eigenvalue weighted by molar-refractivity contribution is 5.94. The highest BCUT2D eigenvalue weighted by Gasteiger charge is 2.24. The maximum atomic E-state index is 12.5. The van der Waals surface area contributed by atoms with E-state index in [2.05, 4.69) is 10.3 Å². The first-order valence-corrected chi connectivity index (χ1v) is 8.46. The van der Waals surface area contributed by atoms with E-state index in [1.54, 1.807) is 48.8 Å². The molecule has 0 spiro atoms. The van der Waals surface area contributed by atoms with Crippen molar-refractivity contribution in [2.45, 2.75) is 12.8 Å². The van der Waals surface area contributed by atoms with Crippen molar-refractivity contribution >= 4 is 17.5 Å². The molecule has 1 aromatic heterocycles. The quantitative estimate of drug-likeness (QED) is 0.834. The average Bonchev–Trinajstić information content (AvgIpc) is 2.67. The molecule has 1 aliphatic rings. The van der Waals surface area contributed by atoms with Gasteiger partial charge in [0.15, 0.2) is 0 Å². The van der Waals surface area contributed by atoms with E-state index in [9.17, 15) is 9.59 Å². The Hall–Kier alpha value is -2.89. The first-order chi connectivity index (χ1) is 12.1. The standard InChI is InChI=1S/C19H22N4O2/c20-17-5-3-15(4-6-17)19(25)23-10-7-14(8-11-23)12-22-18(24)16-2-1-9-21-13-16/h1-6,9,13-14H,7-8,10-12,20H2,(H,22,24). The van der Waals surface area contributed by atoms with Crippen molar-refractivity contribution in [2.75, 3.05) is 25.4 Å². The van der Waals surface area contributed by atoms with Crippen molar-refractivity contribution in [3.05, 3.63) is 59.9 Å². The molecule has 6 nitrogen and oxygen atoms in total. The second kappa shape index (κ2) is 7.79. The molecule has 6 heteroatoms. The van der Waals surface area contributed by atoms with Gasteiger partial charge in [0.2, 0.25) is 0 Å². The second-order valence-electron chi connectivity index (χ2n) is 6.31. The molecule has 0 bridgehead atoms. The fourth-order valence-corrected chi connectivity index (χ4v) is 2.98. The smallest absolute Gasteiger partial charge is 0.253 e. The van der Waals surface area contributed by atoms with Crippen LogP contribution in [0.2, 0.25) is 0 Å². The molecule has 2 amide bonds. The average molecular weight is 338 g/mol. The Morgan fingerprint density at radius 3 is 2.48 bits per heavy atom. The van der Waals surface area contributed by atoms with Crippen LogP contribution in [-0.2, 0) is 0 Å². The lowest BCUT2D eigenvalue weighted by Gasteiger charge is -2.32. The summed E-state index contributed by atoms with van der Waals surface area (Å²) in [5.74, 6) is 0.322. The van der Waals surface area contributed by atoms with Crippen LogP contribution >= 0.6 is 0 Å². The van der Waals surface area contributed by atoms with E-state index >= 15 is 0 Å². The van der Waals surface area contributed by atoms with Gasteiger partial charge in [-0.2, -0.15) is 0 Å². The Kier molecular flexibility index (Phi) is 5.28. The summed E-state index contributed by atoms with van der Waals surface area (Å²) in [5.41, 5.74) is 7.54. The third kappa shape index (κ3) is 4.35. The number of nitrogens with two attached hydrogens (primary N) is 1. The molecule has 0 saturated carbocycles. The molecule has 0 unspecified atom stereocenters. The fraction of sp³-hybridized carbons (Fsp3) is 0.316. The van der Waals surface area contributed by atoms with Gasteiger partial charge in [-0.25, -0.2) is 0 Å². The molecule has 130 valence electrons. The SMILES string of the molecule is Nc1ccc(C(=O)N2CCC(CNC(=O)c3cccnc3)CC2)cc1. The third-order valence-corrected chi connectivity index (χ3v) is 4.53. The molecular weight excluding hydrogens is 316 g/mol. The van der Waals surface area contributed by atoms with Crippen LogP contribution in [0.4, 0.5) is 5.69 Å². The molecule has 0 radical (unpaired) electrons. The highest BCUT2D eigenvalue weighted by atomic mass is 16.2. The summed E-state index contributed by atoms with van der Waals surface area (Å²) < 4.78 is 0. The topological polar surface area (TPSA) is 88.3 Å². The van der Waals surface area contributed by atoms with Crippen LogP contribution in [0.5, 0.6) is 0 Å². The monoisotopic (exact) mass is 338 g/mol. The van der Waals surface area contributed by atoms with Gasteiger partial charge in [0.25, 0.3) is 11.8 Å². The summed E-state index contributed by atoms with van der Waals surface area (Å²) in [6.07, 6.45) is 4.97. The van der Waals surface area contributed by atoms with Crippen LogP contribution in [-0.4, -0.2) is 41.3 Å². The minimum Gasteiger partial charge on any atom is -0.399 e. The van der Waals surface area contributed by atoms with Gasteiger partial charge in [0, 0.05) is 43.3 Å². The van der Waals surface area contributed by atoms with E-state index in [1.165, 1.54) is 0 Å². The van der Waals surface area contributed by atoms with Gasteiger partial charge in [0.1, 0.15) is 0 Å². The molecule has 0 aliphatic carbocycles. The lowest BCUT2D eigenvalue weighted by molar-refractivity contribution is 0.0684. The van der Waals surface area contributed by atoms with E-state index in [0.29, 0.717) is 42.4 Å². The number of nitrogen functional groups attached to an aromatic ring is 1. The molecular formula is C19H22N4O2. The maximum absolute atomic E-state index is 12.5. The van der Waals surface area contributed by atoms with Crippen LogP contribution in [0, 0.1) is 5.92 Å². The fourth-order valence-electron chi connectivity index (χ4n) is 2.98. The van der Waals surface area contributed by atoms with Crippen molar-refractivity contribution < 1.29 is 9.59 Å². The van der Waals surface area contributed by atoms with E-state index in [1.807, 2.05) is 4.90 Å². The Bertz CT molecular complexity index is 723. The number of nitrogens with one attached hydrogen (secondary N) is 1. The minimum absolute atomic E-state index is 0.0397. The van der Waals surface area contributed by atoms with Crippen LogP contribution in [0.1, 0.15) is 33.6 Å². The number of carbonyl (C=O) groups excluding carboxylic acids is 2. The number of pyridine rings is 1. The number of nitrogens with zero attached hydrogens (tertiary/aromatic N) is 2. The van der Waals surface area contributed by atoms with Gasteiger partial charge in [0.05, 0.1) is 5.56 Å². The molecule has 2 heterocycles. The first-order valence-electron chi connectivity index (χ1n) is 8.46. The Morgan fingerprint density at radius 2 is 1.84 bits per heavy atom. The second-order valence-corrected chi connectivity index (χ2v) is 6.31. The predicted octanol–water partition coefficient (Wildman–Crippen LogP) is 1.95. The zero-order valence-corrected chi connectivity index (χ0v) is 14.0. The van der Waals surface area contributed by atoms with Crippen LogP contribution < -0.4 is 11.1 Å². The summed E-state index contributed by atoms with van der Waals surface area (Å²) in [4.78, 5) is 30.3. The van der Waals surface area contributed by atoms with Gasteiger partial charge in [-0.1, -0.05) is 0 Å². The van der Waals surface area contributed by atoms with Crippen molar-refractivity contribution in [3.63, 3.8) is 0 Å². The number of carbonyl (C=O) groups is 2. The van der Waals surface area contributed by atoms with Gasteiger partial charge in [-0.15, -0.1) is 0 Å². The largest absolute Gasteiger partial charge is 0.399 e. The first kappa shape index (κ1) is 17.0. The van der Waals surface area contributed by atoms with Crippen LogP contribution in [0.15, 0.2) is 48.8 Å². The number of benzene rings is 1. The van der Waals surface area contributed by atoms with Crippen LogP contribution in [0.25, 0.3) is 0 Å². The predicted molar refractivity (Wildman–Crippen MR) is 96.1 cm³/mol. The molecule has 1 fully saturated rings. The van der Waals surface area contributed by atoms with Crippen LogP contribution in [0.3, 0.4) is 0 Å². The lowest BCUT2D eigenvalue weighted by Crippen LogP contribution is -2.41. The molecule has 1 saturated heterocycles. The number of anilines is 1. The van der Waals surface area contributed by atoms with Crippen molar-refractivity contribution in [1.82, 2.24) is 15.2 Å². The summed E-state index contributed by atoms with van der Waals surface area (Å²) in [7, 11) is 0. The molecule has 3 N–H and O–H groups in total. The maximum Gasteiger partial charge on any atom is 0.253 e. The Balaban J connectivity index is 1.46. The number of hydrogen-bond acceptors (Lipinski definition) is 4. The molecule has 1 aromatic carbocycles. The summed E-state index contributed by atoms with van der Waals surface area (Å²) in [6.45, 7) is 2.03. The zero-order valence-electron chi connectivity index (χ0n) is 14.0. The normalized spacial score (nSPS) is 15.0. The van der Waals surface area contributed by atoms with Gasteiger partial charge < -0.3 is 16.0 Å². The number of rotatable bonds is 4. The Morgan fingerprint density at radius 1 is 1.12 bits per heavy atom. The van der Waals surface area contributed by atoms with E-state index < -0.39 is 0 Å². The Labute approximate surface area is 147 Å². The van der Waals surface area contributed by atoms with Crippen molar-refractivity contribution in [2.24, 2.45) is 5.92 Å². The number of piperidine rings is 1. The number of amides is 2. The minimum atomic E-state index is -0.103. The molecule has 2 aromatic rings. The summed E-state index contributed by atoms with van der Waals surface area (Å²) in [5, 5.41) is 2.95. The highest BCUT2D eigenvalue weighted by Crippen LogP contribution is 2.19. The van der Waals surface area contributed by atoms with Crippen molar-refractivity contribution in [1.29, 1.82) is 0 Å². The van der Waals surface area contributed by atoms with Gasteiger partial charge in [-0.05, 0) is 55.2 Å². The lowest BCUT2D eigenvalue weighted by atomic mass is 9.96. The van der Waals surface area contributed by atoms with E-state index in [4.69, 9.17) is 5.73 Å². The molecule has 3 rings (SSSR count). The summed E-state index contributed by atoms with van der Waals surface area (Å²) >= 11 is 0. The summed E-state index contributed by atoms with van der Waals surface area (Å²) in [6, 6.07) is 10.5. The number of hydrogen-bond donors (Lipinski definition) is 2.